The first-order valence-electron chi connectivity index (χ1n) is 8.53. The molecule has 2 amide bonds. The first-order valence-corrected chi connectivity index (χ1v) is 8.53. The van der Waals surface area contributed by atoms with Crippen molar-refractivity contribution in [2.45, 2.75) is 6.42 Å². The summed E-state index contributed by atoms with van der Waals surface area (Å²) in [6.45, 7) is 1.84. The predicted octanol–water partition coefficient (Wildman–Crippen LogP) is 2.36. The van der Waals surface area contributed by atoms with Gasteiger partial charge in [-0.2, -0.15) is 0 Å². The normalized spacial score (nSPS) is 14.2. The smallest absolute Gasteiger partial charge is 0.254 e. The number of nitrogens with zero attached hydrogens (tertiary/aromatic N) is 2. The quantitative estimate of drug-likeness (QED) is 0.845. The summed E-state index contributed by atoms with van der Waals surface area (Å²) >= 11 is 0. The van der Waals surface area contributed by atoms with E-state index in [-0.39, 0.29) is 23.1 Å². The second kappa shape index (κ2) is 7.99. The highest BCUT2D eigenvalue weighted by molar-refractivity contribution is 5.94. The number of rotatable bonds is 4. The molecule has 26 heavy (non-hydrogen) atoms. The van der Waals surface area contributed by atoms with Gasteiger partial charge in [0.25, 0.3) is 5.91 Å². The van der Waals surface area contributed by atoms with Crippen LogP contribution >= 0.6 is 0 Å². The van der Waals surface area contributed by atoms with Gasteiger partial charge < -0.3 is 14.5 Å². The van der Waals surface area contributed by atoms with Crippen molar-refractivity contribution in [2.24, 2.45) is 0 Å². The summed E-state index contributed by atoms with van der Waals surface area (Å²) in [5, 5.41) is 0. The van der Waals surface area contributed by atoms with Gasteiger partial charge >= 0.3 is 0 Å². The molecule has 1 aliphatic heterocycles. The lowest BCUT2D eigenvalue weighted by molar-refractivity contribution is -0.131. The molecule has 1 saturated heterocycles. The maximum Gasteiger partial charge on any atom is 0.254 e. The highest BCUT2D eigenvalue weighted by atomic mass is 19.1. The first kappa shape index (κ1) is 17.9. The van der Waals surface area contributed by atoms with Crippen LogP contribution in [0.2, 0.25) is 0 Å². The Hall–Kier alpha value is -2.89. The number of halogens is 1. The lowest BCUT2D eigenvalue weighted by Crippen LogP contribution is -2.51. The van der Waals surface area contributed by atoms with Crippen LogP contribution in [0.5, 0.6) is 5.75 Å². The van der Waals surface area contributed by atoms with E-state index in [2.05, 4.69) is 0 Å². The molecule has 0 saturated carbocycles. The Bertz CT molecular complexity index is 787. The average molecular weight is 356 g/mol. The summed E-state index contributed by atoms with van der Waals surface area (Å²) in [7, 11) is 1.38. The van der Waals surface area contributed by atoms with Crippen LogP contribution in [0.1, 0.15) is 15.9 Å². The largest absolute Gasteiger partial charge is 0.494 e. The molecule has 1 fully saturated rings. The van der Waals surface area contributed by atoms with E-state index < -0.39 is 5.82 Å². The van der Waals surface area contributed by atoms with E-state index >= 15 is 0 Å². The monoisotopic (exact) mass is 356 g/mol. The highest BCUT2D eigenvalue weighted by Gasteiger charge is 2.25. The summed E-state index contributed by atoms with van der Waals surface area (Å²) in [5.74, 6) is -0.631. The molecule has 0 aromatic heterocycles. The molecule has 0 unspecified atom stereocenters. The zero-order valence-corrected chi connectivity index (χ0v) is 14.7. The van der Waals surface area contributed by atoms with Gasteiger partial charge in [-0.3, -0.25) is 9.59 Å². The van der Waals surface area contributed by atoms with Gasteiger partial charge in [0, 0.05) is 31.7 Å². The minimum atomic E-state index is -0.560. The number of methoxy groups -OCH3 is 1. The van der Waals surface area contributed by atoms with Gasteiger partial charge in [-0.25, -0.2) is 4.39 Å². The van der Waals surface area contributed by atoms with E-state index in [1.807, 2.05) is 30.3 Å². The van der Waals surface area contributed by atoms with Crippen molar-refractivity contribution in [2.75, 3.05) is 33.3 Å². The van der Waals surface area contributed by atoms with Crippen molar-refractivity contribution < 1.29 is 18.7 Å². The highest BCUT2D eigenvalue weighted by Crippen LogP contribution is 2.19. The maximum absolute atomic E-state index is 13.8. The molecule has 0 aliphatic carbocycles. The third-order valence-electron chi connectivity index (χ3n) is 4.52. The Labute approximate surface area is 152 Å². The van der Waals surface area contributed by atoms with Crippen molar-refractivity contribution in [3.8, 4) is 5.75 Å². The fourth-order valence-electron chi connectivity index (χ4n) is 3.02. The standard InChI is InChI=1S/C20H21FN2O3/c1-26-18-8-7-16(14-17(18)21)20(25)23-11-9-22(10-12-23)19(24)13-15-5-3-2-4-6-15/h2-8,14H,9-13H2,1H3. The number of benzene rings is 2. The summed E-state index contributed by atoms with van der Waals surface area (Å²) < 4.78 is 18.7. The van der Waals surface area contributed by atoms with Crippen molar-refractivity contribution in [1.82, 2.24) is 9.80 Å². The number of carbonyl (C=O) groups is 2. The van der Waals surface area contributed by atoms with E-state index in [4.69, 9.17) is 4.74 Å². The Morgan fingerprint density at radius 1 is 1.00 bits per heavy atom. The number of piperazine rings is 1. The van der Waals surface area contributed by atoms with E-state index in [0.29, 0.717) is 32.6 Å². The van der Waals surface area contributed by atoms with Gasteiger partial charge in [-0.05, 0) is 23.8 Å². The molecule has 0 spiro atoms. The molecule has 5 nitrogen and oxygen atoms in total. The molecular formula is C20H21FN2O3. The summed E-state index contributed by atoms with van der Waals surface area (Å²) in [6.07, 6.45) is 0.360. The van der Waals surface area contributed by atoms with Gasteiger partial charge in [0.05, 0.1) is 13.5 Å². The van der Waals surface area contributed by atoms with Gasteiger partial charge in [-0.1, -0.05) is 30.3 Å². The maximum atomic E-state index is 13.8. The van der Waals surface area contributed by atoms with Crippen molar-refractivity contribution >= 4 is 11.8 Å². The Kier molecular flexibility index (Phi) is 5.51. The Morgan fingerprint density at radius 2 is 1.65 bits per heavy atom. The van der Waals surface area contributed by atoms with E-state index in [1.54, 1.807) is 15.9 Å². The minimum Gasteiger partial charge on any atom is -0.494 e. The van der Waals surface area contributed by atoms with Crippen LogP contribution in [0.4, 0.5) is 4.39 Å². The summed E-state index contributed by atoms with van der Waals surface area (Å²) in [5.41, 5.74) is 1.26. The van der Waals surface area contributed by atoms with Crippen LogP contribution in [-0.2, 0) is 11.2 Å². The van der Waals surface area contributed by atoms with Gasteiger partial charge in [0.15, 0.2) is 11.6 Å². The molecule has 136 valence electrons. The zero-order valence-electron chi connectivity index (χ0n) is 14.7. The van der Waals surface area contributed by atoms with Crippen LogP contribution in [0.3, 0.4) is 0 Å². The second-order valence-electron chi connectivity index (χ2n) is 6.18. The number of carbonyl (C=O) groups excluding carboxylic acids is 2. The predicted molar refractivity (Wildman–Crippen MR) is 95.6 cm³/mol. The summed E-state index contributed by atoms with van der Waals surface area (Å²) in [6, 6.07) is 13.8. The van der Waals surface area contributed by atoms with Crippen molar-refractivity contribution in [1.29, 1.82) is 0 Å². The zero-order chi connectivity index (χ0) is 18.5. The van der Waals surface area contributed by atoms with Crippen LogP contribution < -0.4 is 4.74 Å². The fourth-order valence-corrected chi connectivity index (χ4v) is 3.02. The van der Waals surface area contributed by atoms with Crippen LogP contribution in [0, 0.1) is 5.82 Å². The molecular weight excluding hydrogens is 335 g/mol. The van der Waals surface area contributed by atoms with Crippen LogP contribution in [0.25, 0.3) is 0 Å². The minimum absolute atomic E-state index is 0.0544. The molecule has 1 aliphatic rings. The van der Waals surface area contributed by atoms with Crippen LogP contribution in [-0.4, -0.2) is 54.9 Å². The van der Waals surface area contributed by atoms with E-state index in [1.165, 1.54) is 19.2 Å². The third-order valence-corrected chi connectivity index (χ3v) is 4.52. The SMILES string of the molecule is COc1ccc(C(=O)N2CCN(C(=O)Cc3ccccc3)CC2)cc1F. The van der Waals surface area contributed by atoms with Gasteiger partial charge in [0.2, 0.25) is 5.91 Å². The Balaban J connectivity index is 1.57. The number of ether oxygens (including phenoxy) is 1. The topological polar surface area (TPSA) is 49.9 Å². The van der Waals surface area contributed by atoms with E-state index in [9.17, 15) is 14.0 Å². The average Bonchev–Trinajstić information content (AvgIpc) is 2.68. The molecule has 3 rings (SSSR count). The molecule has 0 radical (unpaired) electrons. The molecule has 0 bridgehead atoms. The molecule has 6 heteroatoms. The first-order chi connectivity index (χ1) is 12.6. The third kappa shape index (κ3) is 4.02. The molecule has 0 atom stereocenters. The van der Waals surface area contributed by atoms with Crippen LogP contribution in [0.15, 0.2) is 48.5 Å². The lowest BCUT2D eigenvalue weighted by atomic mass is 10.1. The molecule has 0 N–H and O–H groups in total. The number of amides is 2. The van der Waals surface area contributed by atoms with Crippen molar-refractivity contribution in [3.63, 3.8) is 0 Å². The van der Waals surface area contributed by atoms with Gasteiger partial charge in [0.1, 0.15) is 0 Å². The number of hydrogen-bond donors (Lipinski definition) is 0. The van der Waals surface area contributed by atoms with Crippen molar-refractivity contribution in [3.05, 3.63) is 65.5 Å². The molecule has 1 heterocycles. The van der Waals surface area contributed by atoms with E-state index in [0.717, 1.165) is 5.56 Å². The molecule has 2 aromatic carbocycles. The lowest BCUT2D eigenvalue weighted by Gasteiger charge is -2.35. The number of hydrogen-bond acceptors (Lipinski definition) is 3. The summed E-state index contributed by atoms with van der Waals surface area (Å²) in [4.78, 5) is 28.3. The fraction of sp³-hybridized carbons (Fsp3) is 0.300. The Morgan fingerprint density at radius 3 is 2.27 bits per heavy atom. The molecule has 2 aromatic rings. The van der Waals surface area contributed by atoms with Gasteiger partial charge in [-0.15, -0.1) is 0 Å². The second-order valence-corrected chi connectivity index (χ2v) is 6.18.